The number of hydrogen-bond acceptors (Lipinski definition) is 4. The third-order valence-electron chi connectivity index (χ3n) is 1.51. The average molecular weight is 172 g/mol. The molecule has 0 aromatic rings. The molecule has 0 aliphatic carbocycles. The fourth-order valence-electron chi connectivity index (χ4n) is 0.801. The number of nitriles is 1. The molecule has 4 heteroatoms. The molecular weight excluding hydrogens is 160 g/mol. The summed E-state index contributed by atoms with van der Waals surface area (Å²) in [5.41, 5.74) is -0.0432. The summed E-state index contributed by atoms with van der Waals surface area (Å²) in [7, 11) is 0. The minimum Gasteiger partial charge on any atom is -0.284 e. The van der Waals surface area contributed by atoms with E-state index in [1.165, 1.54) is 0 Å². The normalized spacial score (nSPS) is 31.0. The predicted octanol–water partition coefficient (Wildman–Crippen LogP) is 1.18. The second-order valence-electron chi connectivity index (χ2n) is 2.59. The van der Waals surface area contributed by atoms with Gasteiger partial charge in [-0.3, -0.25) is 4.84 Å². The van der Waals surface area contributed by atoms with E-state index in [4.69, 9.17) is 10.1 Å². The van der Waals surface area contributed by atoms with Gasteiger partial charge >= 0.3 is 0 Å². The van der Waals surface area contributed by atoms with E-state index in [1.54, 1.807) is 5.06 Å². The first-order valence-electron chi connectivity index (χ1n) is 3.79. The molecule has 1 rings (SSSR count). The third kappa shape index (κ3) is 2.70. The molecule has 0 amide bonds. The zero-order valence-electron chi connectivity index (χ0n) is 6.53. The van der Waals surface area contributed by atoms with Crippen LogP contribution in [-0.4, -0.2) is 23.1 Å². The number of thiol groups is 1. The van der Waals surface area contributed by atoms with Gasteiger partial charge in [-0.2, -0.15) is 10.3 Å². The van der Waals surface area contributed by atoms with Crippen molar-refractivity contribution in [2.45, 2.75) is 31.2 Å². The van der Waals surface area contributed by atoms with E-state index >= 15 is 0 Å². The summed E-state index contributed by atoms with van der Waals surface area (Å²) in [6.45, 7) is 2.81. The lowest BCUT2D eigenvalue weighted by atomic mass is 10.4. The molecule has 0 aromatic carbocycles. The summed E-state index contributed by atoms with van der Waals surface area (Å²) < 4.78 is 0. The molecule has 3 nitrogen and oxygen atoms in total. The molecule has 1 aliphatic rings. The van der Waals surface area contributed by atoms with E-state index in [2.05, 4.69) is 25.6 Å². The largest absolute Gasteiger partial charge is 0.284 e. The molecule has 1 aliphatic heterocycles. The standard InChI is InChI=1S/C7H12N2OS/c1-2-3-7(11)10-9-5-6(9)4-8/h6-7,11H,2-3,5H2,1H3. The van der Waals surface area contributed by atoms with Gasteiger partial charge in [-0.15, -0.1) is 12.6 Å². The van der Waals surface area contributed by atoms with Crippen molar-refractivity contribution >= 4 is 12.6 Å². The summed E-state index contributed by atoms with van der Waals surface area (Å²) in [6, 6.07) is 2.08. The Balaban J connectivity index is 2.09. The summed E-state index contributed by atoms with van der Waals surface area (Å²) in [5, 5.41) is 10.1. The van der Waals surface area contributed by atoms with E-state index in [1.807, 2.05) is 0 Å². The average Bonchev–Trinajstić information content (AvgIpc) is 2.68. The Morgan fingerprint density at radius 3 is 3.09 bits per heavy atom. The molecule has 1 fully saturated rings. The number of rotatable bonds is 4. The maximum atomic E-state index is 8.42. The number of hydroxylamine groups is 2. The van der Waals surface area contributed by atoms with Crippen molar-refractivity contribution in [3.8, 4) is 6.07 Å². The van der Waals surface area contributed by atoms with Gasteiger partial charge in [0.25, 0.3) is 0 Å². The van der Waals surface area contributed by atoms with Crippen LogP contribution in [0.3, 0.4) is 0 Å². The predicted molar refractivity (Wildman–Crippen MR) is 44.9 cm³/mol. The van der Waals surface area contributed by atoms with Crippen molar-refractivity contribution in [1.29, 1.82) is 5.26 Å². The molecule has 0 radical (unpaired) electrons. The molecule has 3 atom stereocenters. The molecule has 62 valence electrons. The van der Waals surface area contributed by atoms with Crippen LogP contribution in [0.15, 0.2) is 0 Å². The Kier molecular flexibility index (Phi) is 3.18. The summed E-state index contributed by atoms with van der Waals surface area (Å²) in [5.74, 6) is 0. The SMILES string of the molecule is CCCC(S)ON1CC1C#N. The highest BCUT2D eigenvalue weighted by atomic mass is 32.1. The van der Waals surface area contributed by atoms with Gasteiger partial charge in [0.1, 0.15) is 11.5 Å². The molecule has 0 spiro atoms. The Labute approximate surface area is 72.3 Å². The summed E-state index contributed by atoms with van der Waals surface area (Å²) in [4.78, 5) is 5.28. The molecule has 0 bridgehead atoms. The first-order chi connectivity index (χ1) is 5.27. The topological polar surface area (TPSA) is 36.0 Å². The lowest BCUT2D eigenvalue weighted by molar-refractivity contribution is -0.0870. The molecule has 1 saturated heterocycles. The van der Waals surface area contributed by atoms with Crippen molar-refractivity contribution in [2.24, 2.45) is 0 Å². The van der Waals surface area contributed by atoms with Gasteiger partial charge in [-0.1, -0.05) is 13.3 Å². The highest BCUT2D eigenvalue weighted by Gasteiger charge is 2.36. The maximum Gasteiger partial charge on any atom is 0.137 e. The molecule has 11 heavy (non-hydrogen) atoms. The summed E-state index contributed by atoms with van der Waals surface area (Å²) in [6.07, 6.45) is 1.98. The molecule has 0 aromatic heterocycles. The zero-order chi connectivity index (χ0) is 8.27. The van der Waals surface area contributed by atoms with Crippen LogP contribution in [0.2, 0.25) is 0 Å². The van der Waals surface area contributed by atoms with Crippen molar-refractivity contribution in [2.75, 3.05) is 6.54 Å². The fraction of sp³-hybridized carbons (Fsp3) is 0.857. The second kappa shape index (κ2) is 3.96. The van der Waals surface area contributed by atoms with Crippen LogP contribution in [0.1, 0.15) is 19.8 Å². The van der Waals surface area contributed by atoms with Crippen molar-refractivity contribution in [1.82, 2.24) is 5.06 Å². The smallest absolute Gasteiger partial charge is 0.137 e. The van der Waals surface area contributed by atoms with Crippen LogP contribution >= 0.6 is 12.6 Å². The van der Waals surface area contributed by atoms with Crippen LogP contribution in [0.4, 0.5) is 0 Å². The monoisotopic (exact) mass is 172 g/mol. The third-order valence-corrected chi connectivity index (χ3v) is 1.86. The van der Waals surface area contributed by atoms with E-state index in [0.29, 0.717) is 0 Å². The molecular formula is C7H12N2OS. The van der Waals surface area contributed by atoms with Gasteiger partial charge < -0.3 is 0 Å². The Hall–Kier alpha value is -0.240. The lowest BCUT2D eigenvalue weighted by Gasteiger charge is -2.09. The Morgan fingerprint density at radius 1 is 1.91 bits per heavy atom. The van der Waals surface area contributed by atoms with Crippen LogP contribution < -0.4 is 0 Å². The van der Waals surface area contributed by atoms with Gasteiger partial charge in [0, 0.05) is 0 Å². The molecule has 1 heterocycles. The lowest BCUT2D eigenvalue weighted by Crippen LogP contribution is -2.11. The highest BCUT2D eigenvalue weighted by molar-refractivity contribution is 7.80. The van der Waals surface area contributed by atoms with Gasteiger partial charge in [-0.25, -0.2) is 0 Å². The van der Waals surface area contributed by atoms with Crippen LogP contribution in [0.25, 0.3) is 0 Å². The minimum atomic E-state index is -0.0432. The van der Waals surface area contributed by atoms with Crippen LogP contribution in [0, 0.1) is 11.3 Å². The van der Waals surface area contributed by atoms with E-state index in [0.717, 1.165) is 19.4 Å². The van der Waals surface area contributed by atoms with Gasteiger partial charge in [0.05, 0.1) is 12.6 Å². The number of nitrogens with zero attached hydrogens (tertiary/aromatic N) is 2. The Bertz CT molecular complexity index is 168. The first-order valence-corrected chi connectivity index (χ1v) is 4.30. The van der Waals surface area contributed by atoms with Crippen molar-refractivity contribution in [3.05, 3.63) is 0 Å². The zero-order valence-corrected chi connectivity index (χ0v) is 7.42. The molecule has 0 saturated carbocycles. The van der Waals surface area contributed by atoms with E-state index < -0.39 is 0 Å². The van der Waals surface area contributed by atoms with E-state index in [-0.39, 0.29) is 11.5 Å². The summed E-state index contributed by atoms with van der Waals surface area (Å²) >= 11 is 4.20. The molecule has 0 N–H and O–H groups in total. The van der Waals surface area contributed by atoms with Gasteiger partial charge in [0.2, 0.25) is 0 Å². The van der Waals surface area contributed by atoms with Gasteiger partial charge in [0.15, 0.2) is 0 Å². The number of hydrogen-bond donors (Lipinski definition) is 1. The Morgan fingerprint density at radius 2 is 2.64 bits per heavy atom. The van der Waals surface area contributed by atoms with Crippen LogP contribution in [0.5, 0.6) is 0 Å². The minimum absolute atomic E-state index is 0.0264. The maximum absolute atomic E-state index is 8.42. The van der Waals surface area contributed by atoms with Crippen molar-refractivity contribution in [3.63, 3.8) is 0 Å². The van der Waals surface area contributed by atoms with Gasteiger partial charge in [-0.05, 0) is 6.42 Å². The first kappa shape index (κ1) is 8.85. The van der Waals surface area contributed by atoms with Crippen LogP contribution in [-0.2, 0) is 4.84 Å². The molecule has 3 unspecified atom stereocenters. The fourth-order valence-corrected chi connectivity index (χ4v) is 1.18. The second-order valence-corrected chi connectivity index (χ2v) is 3.17. The highest BCUT2D eigenvalue weighted by Crippen LogP contribution is 2.20. The van der Waals surface area contributed by atoms with E-state index in [9.17, 15) is 0 Å². The quantitative estimate of drug-likeness (QED) is 0.393. The van der Waals surface area contributed by atoms with Crippen molar-refractivity contribution < 1.29 is 4.84 Å².